The van der Waals surface area contributed by atoms with E-state index in [1.54, 1.807) is 0 Å². The molecular weight excluding hydrogens is 226 g/mol. The van der Waals surface area contributed by atoms with Gasteiger partial charge in [-0.1, -0.05) is 51.1 Å². The normalized spacial score (nSPS) is 14.4. The summed E-state index contributed by atoms with van der Waals surface area (Å²) in [5.74, 6) is 0.301. The molecule has 18 heavy (non-hydrogen) atoms. The third-order valence-corrected chi connectivity index (χ3v) is 2.92. The first-order valence-corrected chi connectivity index (χ1v) is 6.51. The topological polar surface area (TPSA) is 49.3 Å². The summed E-state index contributed by atoms with van der Waals surface area (Å²) in [5.41, 5.74) is 0.807. The quantitative estimate of drug-likeness (QED) is 0.780. The summed E-state index contributed by atoms with van der Waals surface area (Å²) in [5, 5.41) is 12.4. The summed E-state index contributed by atoms with van der Waals surface area (Å²) in [4.78, 5) is 11.3. The largest absolute Gasteiger partial charge is 0.480 e. The van der Waals surface area contributed by atoms with Crippen LogP contribution in [0.2, 0.25) is 0 Å². The molecule has 1 aromatic rings. The van der Waals surface area contributed by atoms with Crippen LogP contribution in [0.25, 0.3) is 0 Å². The van der Waals surface area contributed by atoms with Gasteiger partial charge < -0.3 is 10.4 Å². The lowest BCUT2D eigenvalue weighted by molar-refractivity contribution is -0.139. The average molecular weight is 249 g/mol. The zero-order valence-corrected chi connectivity index (χ0v) is 11.4. The molecule has 0 spiro atoms. The second-order valence-electron chi connectivity index (χ2n) is 5.32. The van der Waals surface area contributed by atoms with Crippen LogP contribution >= 0.6 is 0 Å². The molecule has 0 radical (unpaired) electrons. The van der Waals surface area contributed by atoms with Crippen molar-refractivity contribution < 1.29 is 9.90 Å². The van der Waals surface area contributed by atoms with E-state index in [-0.39, 0.29) is 0 Å². The maximum absolute atomic E-state index is 11.3. The number of nitrogens with one attached hydrogen (secondary N) is 1. The van der Waals surface area contributed by atoms with Gasteiger partial charge in [0.1, 0.15) is 6.04 Å². The highest BCUT2D eigenvalue weighted by Crippen LogP contribution is 2.15. The number of carbonyl (C=O) groups is 1. The van der Waals surface area contributed by atoms with Gasteiger partial charge in [-0.15, -0.1) is 0 Å². The molecule has 0 amide bonds. The molecule has 0 fully saturated rings. The van der Waals surface area contributed by atoms with Crippen LogP contribution in [0.4, 0.5) is 0 Å². The Morgan fingerprint density at radius 3 is 2.33 bits per heavy atom. The van der Waals surface area contributed by atoms with Crippen LogP contribution in [0.15, 0.2) is 30.3 Å². The van der Waals surface area contributed by atoms with E-state index in [0.29, 0.717) is 11.8 Å². The predicted octanol–water partition coefficient (Wildman–Crippen LogP) is 3.08. The standard InChI is InChI=1S/C15H23NO2/c1-11(2)9-12(3)10-16-14(15(17)18)13-7-5-4-6-8-13/h4-8,11-12,14,16H,9-10H2,1-3H3,(H,17,18). The molecule has 1 rings (SSSR count). The van der Waals surface area contributed by atoms with Gasteiger partial charge in [-0.3, -0.25) is 4.79 Å². The smallest absolute Gasteiger partial charge is 0.325 e. The van der Waals surface area contributed by atoms with Gasteiger partial charge in [0, 0.05) is 0 Å². The first-order valence-electron chi connectivity index (χ1n) is 6.51. The summed E-state index contributed by atoms with van der Waals surface area (Å²) >= 11 is 0. The predicted molar refractivity (Wildman–Crippen MR) is 73.4 cm³/mol. The molecule has 0 aliphatic rings. The van der Waals surface area contributed by atoms with Crippen LogP contribution < -0.4 is 5.32 Å². The third-order valence-electron chi connectivity index (χ3n) is 2.92. The Balaban J connectivity index is 2.57. The Kier molecular flexibility index (Phi) is 5.86. The lowest BCUT2D eigenvalue weighted by Crippen LogP contribution is -2.32. The molecule has 0 aliphatic carbocycles. The van der Waals surface area contributed by atoms with Crippen molar-refractivity contribution in [2.75, 3.05) is 6.54 Å². The van der Waals surface area contributed by atoms with Crippen molar-refractivity contribution in [1.82, 2.24) is 5.32 Å². The minimum absolute atomic E-state index is 0.482. The van der Waals surface area contributed by atoms with Crippen LogP contribution in [0.3, 0.4) is 0 Å². The zero-order valence-electron chi connectivity index (χ0n) is 11.4. The van der Waals surface area contributed by atoms with Crippen molar-refractivity contribution in [2.45, 2.75) is 33.2 Å². The van der Waals surface area contributed by atoms with Crippen molar-refractivity contribution in [2.24, 2.45) is 11.8 Å². The molecule has 0 heterocycles. The number of hydrogen-bond acceptors (Lipinski definition) is 2. The van der Waals surface area contributed by atoms with Crippen molar-refractivity contribution >= 4 is 5.97 Å². The van der Waals surface area contributed by atoms with Crippen LogP contribution in [-0.4, -0.2) is 17.6 Å². The van der Waals surface area contributed by atoms with Crippen molar-refractivity contribution in [3.05, 3.63) is 35.9 Å². The molecule has 0 bridgehead atoms. The van der Waals surface area contributed by atoms with Crippen LogP contribution in [0.1, 0.15) is 38.8 Å². The number of aliphatic carboxylic acids is 1. The molecule has 2 atom stereocenters. The Bertz CT molecular complexity index is 362. The highest BCUT2D eigenvalue weighted by Gasteiger charge is 2.19. The summed E-state index contributed by atoms with van der Waals surface area (Å²) in [7, 11) is 0. The molecule has 100 valence electrons. The SMILES string of the molecule is CC(C)CC(C)CNC(C(=O)O)c1ccccc1. The van der Waals surface area contributed by atoms with E-state index in [1.807, 2.05) is 30.3 Å². The van der Waals surface area contributed by atoms with Crippen molar-refractivity contribution in [3.63, 3.8) is 0 Å². The van der Waals surface area contributed by atoms with Crippen LogP contribution in [-0.2, 0) is 4.79 Å². The Morgan fingerprint density at radius 1 is 1.22 bits per heavy atom. The summed E-state index contributed by atoms with van der Waals surface area (Å²) in [6.45, 7) is 7.24. The molecule has 2 N–H and O–H groups in total. The second-order valence-corrected chi connectivity index (χ2v) is 5.32. The molecule has 0 saturated heterocycles. The van der Waals surface area contributed by atoms with Gasteiger partial charge in [0.2, 0.25) is 0 Å². The molecule has 3 heteroatoms. The summed E-state index contributed by atoms with van der Waals surface area (Å²) in [6, 6.07) is 8.71. The first-order chi connectivity index (χ1) is 8.50. The Morgan fingerprint density at radius 2 is 1.83 bits per heavy atom. The fourth-order valence-electron chi connectivity index (χ4n) is 2.20. The zero-order chi connectivity index (χ0) is 13.5. The number of rotatable bonds is 7. The molecule has 0 aliphatic heterocycles. The maximum atomic E-state index is 11.3. The van der Waals surface area contributed by atoms with E-state index in [1.165, 1.54) is 0 Å². The van der Waals surface area contributed by atoms with E-state index >= 15 is 0 Å². The van der Waals surface area contributed by atoms with Gasteiger partial charge in [-0.2, -0.15) is 0 Å². The van der Waals surface area contributed by atoms with Crippen molar-refractivity contribution in [3.8, 4) is 0 Å². The number of carboxylic acids is 1. The monoisotopic (exact) mass is 249 g/mol. The van der Waals surface area contributed by atoms with Gasteiger partial charge in [0.05, 0.1) is 0 Å². The van der Waals surface area contributed by atoms with Gasteiger partial charge >= 0.3 is 5.97 Å². The van der Waals surface area contributed by atoms with Crippen molar-refractivity contribution in [1.29, 1.82) is 0 Å². The van der Waals surface area contributed by atoms with E-state index in [0.717, 1.165) is 18.5 Å². The fraction of sp³-hybridized carbons (Fsp3) is 0.533. The fourth-order valence-corrected chi connectivity index (χ4v) is 2.20. The van der Waals surface area contributed by atoms with Crippen LogP contribution in [0, 0.1) is 11.8 Å². The molecule has 3 nitrogen and oxygen atoms in total. The lowest BCUT2D eigenvalue weighted by Gasteiger charge is -2.19. The lowest BCUT2D eigenvalue weighted by atomic mass is 9.98. The maximum Gasteiger partial charge on any atom is 0.325 e. The third kappa shape index (κ3) is 4.88. The Labute approximate surface area is 109 Å². The van der Waals surface area contributed by atoms with E-state index in [2.05, 4.69) is 26.1 Å². The minimum Gasteiger partial charge on any atom is -0.480 e. The summed E-state index contributed by atoms with van der Waals surface area (Å²) < 4.78 is 0. The average Bonchev–Trinajstić information content (AvgIpc) is 2.29. The second kappa shape index (κ2) is 7.17. The highest BCUT2D eigenvalue weighted by atomic mass is 16.4. The Hall–Kier alpha value is -1.35. The van der Waals surface area contributed by atoms with Gasteiger partial charge in [0.25, 0.3) is 0 Å². The first kappa shape index (κ1) is 14.7. The van der Waals surface area contributed by atoms with E-state index < -0.39 is 12.0 Å². The molecule has 2 unspecified atom stereocenters. The van der Waals surface area contributed by atoms with Gasteiger partial charge in [-0.05, 0) is 30.4 Å². The van der Waals surface area contributed by atoms with Crippen LogP contribution in [0.5, 0.6) is 0 Å². The minimum atomic E-state index is -0.821. The molecule has 0 saturated carbocycles. The van der Waals surface area contributed by atoms with Gasteiger partial charge in [0.15, 0.2) is 0 Å². The number of carboxylic acid groups (broad SMARTS) is 1. The number of benzene rings is 1. The molecule has 0 aromatic heterocycles. The molecule has 1 aromatic carbocycles. The summed E-state index contributed by atoms with van der Waals surface area (Å²) in [6.07, 6.45) is 1.11. The highest BCUT2D eigenvalue weighted by molar-refractivity contribution is 5.75. The van der Waals surface area contributed by atoms with E-state index in [4.69, 9.17) is 0 Å². The number of hydrogen-bond donors (Lipinski definition) is 2. The van der Waals surface area contributed by atoms with E-state index in [9.17, 15) is 9.90 Å². The van der Waals surface area contributed by atoms with Gasteiger partial charge in [-0.25, -0.2) is 0 Å². The molecular formula is C15H23NO2.